The Labute approximate surface area is 103 Å². The molecule has 76 valence electrons. The molecule has 7 heteroatoms. The second-order valence-electron chi connectivity index (χ2n) is 2.37. The Bertz CT molecular complexity index is 89.9. The van der Waals surface area contributed by atoms with E-state index < -0.39 is 9.49 Å². The minimum absolute atomic E-state index is 0.804. The molecule has 0 atom stereocenters. The molecule has 12 heavy (non-hydrogen) atoms. The third-order valence-electron chi connectivity index (χ3n) is 0.809. The molecule has 0 spiro atoms. The topological polar surface area (TPSA) is 29.3 Å². The van der Waals surface area contributed by atoms with Crippen LogP contribution < -0.4 is 5.73 Å². The molecule has 0 aliphatic carbocycles. The van der Waals surface area contributed by atoms with E-state index in [4.69, 9.17) is 5.73 Å². The first-order valence-electron chi connectivity index (χ1n) is 3.37. The molecule has 0 heterocycles. The van der Waals surface area contributed by atoms with Gasteiger partial charge in [-0.2, -0.15) is 0 Å². The summed E-state index contributed by atoms with van der Waals surface area (Å²) in [5.74, 6) is 0. The molecule has 0 aromatic carbocycles. The van der Waals surface area contributed by atoms with E-state index in [0.29, 0.717) is 0 Å². The normalized spacial score (nSPS) is 11.0. The average molecular weight is 541 g/mol. The number of hydrogen-bond donors (Lipinski definition) is 1. The summed E-state index contributed by atoms with van der Waals surface area (Å²) in [6.07, 6.45) is 1.10. The minimum atomic E-state index is -1.93. The van der Waals surface area contributed by atoms with E-state index >= 15 is 0 Å². The Morgan fingerprint density at radius 1 is 1.17 bits per heavy atom. The van der Waals surface area contributed by atoms with Crippen LogP contribution in [0.15, 0.2) is 0 Å². The molecule has 0 aliphatic heterocycles. The van der Waals surface area contributed by atoms with Gasteiger partial charge in [0.25, 0.3) is 0 Å². The van der Waals surface area contributed by atoms with Gasteiger partial charge < -0.3 is 10.6 Å². The van der Waals surface area contributed by atoms with Gasteiger partial charge in [-0.1, -0.05) is 0 Å². The number of hydrogen-bond acceptors (Lipinski definition) is 2. The van der Waals surface area contributed by atoms with Crippen LogP contribution in [0.4, 0.5) is 0 Å². The Hall–Kier alpha value is 2.64. The summed E-state index contributed by atoms with van der Waals surface area (Å²) in [7, 11) is 2.17. The molecule has 0 unspecified atom stereocenters. The summed E-state index contributed by atoms with van der Waals surface area (Å²) in [4.78, 5) is 2.13. The monoisotopic (exact) mass is 538 g/mol. The van der Waals surface area contributed by atoms with E-state index in [2.05, 4.69) is 69.8 Å². The van der Waals surface area contributed by atoms with Crippen LogP contribution in [0.25, 0.3) is 0 Å². The first-order chi connectivity index (χ1) is 5.27. The molecule has 0 rings (SSSR count). The zero-order valence-corrected chi connectivity index (χ0v) is 16.4. The van der Waals surface area contributed by atoms with Crippen molar-refractivity contribution in [2.24, 2.45) is 5.73 Å². The van der Waals surface area contributed by atoms with Crippen LogP contribution >= 0.6 is 50.8 Å². The van der Waals surface area contributed by atoms with Gasteiger partial charge in [0, 0.05) is 0 Å². The van der Waals surface area contributed by atoms with Gasteiger partial charge in [0.15, 0.2) is 0 Å². The number of rotatable bonds is 3. The molecule has 0 aliphatic rings. The maximum atomic E-state index is 5.25. The SMILES string of the molecule is CN(C)CCCN.[Br][Sn]([Br])([Br])[Br]. The maximum absolute atomic E-state index is 5.25. The van der Waals surface area contributed by atoms with Gasteiger partial charge in [0.1, 0.15) is 0 Å². The summed E-state index contributed by atoms with van der Waals surface area (Å²) < 4.78 is 0. The van der Waals surface area contributed by atoms with E-state index in [1.165, 1.54) is 0 Å². The predicted octanol–water partition coefficient (Wildman–Crippen LogP) is 2.90. The fraction of sp³-hybridized carbons (Fsp3) is 1.00. The van der Waals surface area contributed by atoms with E-state index in [-0.39, 0.29) is 0 Å². The van der Waals surface area contributed by atoms with Crippen LogP contribution in [-0.2, 0) is 0 Å². The molecule has 0 saturated heterocycles. The molecule has 2 nitrogen and oxygen atoms in total. The summed E-state index contributed by atoms with van der Waals surface area (Å²) in [5, 5.41) is 0. The number of nitrogens with two attached hydrogens (primary N) is 1. The van der Waals surface area contributed by atoms with Crippen LogP contribution in [-0.4, -0.2) is 41.6 Å². The van der Waals surface area contributed by atoms with Crippen LogP contribution in [0.5, 0.6) is 0 Å². The fourth-order valence-electron chi connectivity index (χ4n) is 0.408. The quantitative estimate of drug-likeness (QED) is 0.559. The standard InChI is InChI=1S/C5H14N2.4BrH.Sn/c1-7(2)5-3-4-6;;;;;/h3-6H2,1-2H3;4*1H;/q;;;;;+4/p-4. The van der Waals surface area contributed by atoms with Crippen molar-refractivity contribution in [2.45, 2.75) is 6.42 Å². The summed E-state index contributed by atoms with van der Waals surface area (Å²) >= 11 is 13.3. The van der Waals surface area contributed by atoms with Crippen molar-refractivity contribution < 1.29 is 0 Å². The first-order valence-corrected chi connectivity index (χ1v) is 29.0. The van der Waals surface area contributed by atoms with Crippen LogP contribution in [0.2, 0.25) is 0 Å². The Morgan fingerprint density at radius 3 is 1.58 bits per heavy atom. The average Bonchev–Trinajstić information content (AvgIpc) is 1.79. The second kappa shape index (κ2) is 10.2. The molecule has 0 saturated carbocycles. The third-order valence-corrected chi connectivity index (χ3v) is 0.809. The summed E-state index contributed by atoms with van der Waals surface area (Å²) in [6.45, 7) is 1.91. The van der Waals surface area contributed by atoms with Crippen LogP contribution in [0.3, 0.4) is 0 Å². The fourth-order valence-corrected chi connectivity index (χ4v) is 0.408. The molecule has 0 aromatic heterocycles. The van der Waals surface area contributed by atoms with Crippen molar-refractivity contribution in [1.82, 2.24) is 4.90 Å². The molecule has 0 radical (unpaired) electrons. The Balaban J connectivity index is 0. The van der Waals surface area contributed by atoms with Gasteiger partial charge in [0.05, 0.1) is 0 Å². The van der Waals surface area contributed by atoms with Gasteiger partial charge in [-0.15, -0.1) is 0 Å². The van der Waals surface area contributed by atoms with Crippen molar-refractivity contribution in [3.63, 3.8) is 0 Å². The molecule has 0 bridgehead atoms. The predicted molar refractivity (Wildman–Crippen MR) is 73.7 cm³/mol. The number of nitrogens with zero attached hydrogens (tertiary/aromatic N) is 1. The third kappa shape index (κ3) is 38.8. The van der Waals surface area contributed by atoms with E-state index in [0.717, 1.165) is 19.5 Å². The van der Waals surface area contributed by atoms with Gasteiger partial charge in [0.2, 0.25) is 0 Å². The second-order valence-corrected chi connectivity index (χ2v) is 79.6. The van der Waals surface area contributed by atoms with Gasteiger partial charge >= 0.3 is 60.3 Å². The zero-order chi connectivity index (χ0) is 10.2. The summed E-state index contributed by atoms with van der Waals surface area (Å²) in [5.41, 5.74) is 5.25. The molecular weight excluding hydrogens is 526 g/mol. The molecule has 0 aromatic rings. The molecular formula is C5H14Br4N2Sn. The molecule has 0 amide bonds. The van der Waals surface area contributed by atoms with Crippen molar-refractivity contribution in [1.29, 1.82) is 0 Å². The van der Waals surface area contributed by atoms with Crippen molar-refractivity contribution in [2.75, 3.05) is 27.2 Å². The molecule has 2 N–H and O–H groups in total. The van der Waals surface area contributed by atoms with Crippen molar-refractivity contribution in [3.8, 4) is 0 Å². The van der Waals surface area contributed by atoms with Gasteiger partial charge in [-0.25, -0.2) is 0 Å². The van der Waals surface area contributed by atoms with Gasteiger partial charge in [-0.3, -0.25) is 0 Å². The van der Waals surface area contributed by atoms with Crippen molar-refractivity contribution >= 4 is 60.3 Å². The first kappa shape index (κ1) is 17.0. The van der Waals surface area contributed by atoms with E-state index in [1.807, 2.05) is 0 Å². The van der Waals surface area contributed by atoms with Crippen molar-refractivity contribution in [3.05, 3.63) is 0 Å². The zero-order valence-electron chi connectivity index (χ0n) is 7.16. The Morgan fingerprint density at radius 2 is 1.50 bits per heavy atom. The van der Waals surface area contributed by atoms with Crippen LogP contribution in [0.1, 0.15) is 6.42 Å². The Kier molecular flexibility index (Phi) is 14.4. The van der Waals surface area contributed by atoms with E-state index in [1.54, 1.807) is 0 Å². The van der Waals surface area contributed by atoms with Gasteiger partial charge in [-0.05, 0) is 33.6 Å². The van der Waals surface area contributed by atoms with Crippen LogP contribution in [0, 0.1) is 0 Å². The number of halogens is 4. The van der Waals surface area contributed by atoms with E-state index in [9.17, 15) is 0 Å². The summed E-state index contributed by atoms with van der Waals surface area (Å²) in [6, 6.07) is 0. The molecule has 0 fully saturated rings.